The SMILES string of the molecule is CCOc1ccc(-c2ccc(O)c3c2C[C@@]2(N)C[C@@]4(N)[C@H](N(C)C)C(=O)C(C(N)=O)C(=O)[C@@]4(C#N)C(=O)C2C3=O)cc1. The Labute approximate surface area is 241 Å². The van der Waals surface area contributed by atoms with E-state index in [4.69, 9.17) is 21.9 Å². The molecule has 12 nitrogen and oxygen atoms in total. The van der Waals surface area contributed by atoms with Gasteiger partial charge in [0.1, 0.15) is 17.4 Å². The van der Waals surface area contributed by atoms with E-state index in [0.29, 0.717) is 29.0 Å². The van der Waals surface area contributed by atoms with E-state index in [-0.39, 0.29) is 12.0 Å². The zero-order valence-electron chi connectivity index (χ0n) is 23.3. The summed E-state index contributed by atoms with van der Waals surface area (Å²) < 4.78 is 5.51. The van der Waals surface area contributed by atoms with E-state index in [1.807, 2.05) is 6.92 Å². The predicted molar refractivity (Wildman–Crippen MR) is 148 cm³/mol. The number of Topliss-reactive ketones (excluding diaryl/α,β-unsaturated/α-hetero) is 4. The van der Waals surface area contributed by atoms with Gasteiger partial charge in [0.05, 0.1) is 29.8 Å². The number of benzene rings is 2. The van der Waals surface area contributed by atoms with Crippen LogP contribution in [0.25, 0.3) is 11.1 Å². The molecule has 2 unspecified atom stereocenters. The van der Waals surface area contributed by atoms with E-state index in [2.05, 4.69) is 0 Å². The summed E-state index contributed by atoms with van der Waals surface area (Å²) >= 11 is 0. The van der Waals surface area contributed by atoms with Crippen molar-refractivity contribution in [1.29, 1.82) is 5.26 Å². The van der Waals surface area contributed by atoms with E-state index in [0.717, 1.165) is 0 Å². The molecule has 2 aromatic carbocycles. The van der Waals surface area contributed by atoms with Crippen LogP contribution in [0.5, 0.6) is 11.5 Å². The van der Waals surface area contributed by atoms with Gasteiger partial charge in [-0.2, -0.15) is 5.26 Å². The van der Waals surface area contributed by atoms with Crippen molar-refractivity contribution in [2.75, 3.05) is 20.7 Å². The van der Waals surface area contributed by atoms with Gasteiger partial charge < -0.3 is 27.0 Å². The number of likely N-dealkylation sites (N-methyl/N-ethyl adjacent to an activating group) is 1. The number of ketones is 4. The van der Waals surface area contributed by atoms with Crippen LogP contribution in [0.2, 0.25) is 0 Å². The third-order valence-corrected chi connectivity index (χ3v) is 8.95. The van der Waals surface area contributed by atoms with Gasteiger partial charge in [0.15, 0.2) is 34.5 Å². The van der Waals surface area contributed by atoms with Gasteiger partial charge in [0.2, 0.25) is 5.91 Å². The van der Waals surface area contributed by atoms with Crippen LogP contribution in [0.3, 0.4) is 0 Å². The zero-order chi connectivity index (χ0) is 30.9. The Morgan fingerprint density at radius 2 is 1.74 bits per heavy atom. The number of phenols is 1. The second-order valence-electron chi connectivity index (χ2n) is 11.6. The van der Waals surface area contributed by atoms with Gasteiger partial charge >= 0.3 is 0 Å². The van der Waals surface area contributed by atoms with Gasteiger partial charge in [-0.05, 0) is 68.8 Å². The number of rotatable bonds is 5. The first kappa shape index (κ1) is 29.1. The maximum absolute atomic E-state index is 14.4. The summed E-state index contributed by atoms with van der Waals surface area (Å²) in [6, 6.07) is 10.2. The highest BCUT2D eigenvalue weighted by atomic mass is 16.5. The number of hydrogen-bond donors (Lipinski definition) is 4. The summed E-state index contributed by atoms with van der Waals surface area (Å²) in [7, 11) is 2.91. The number of phenolic OH excluding ortho intramolecular Hbond substituents is 1. The van der Waals surface area contributed by atoms with Gasteiger partial charge in [-0.1, -0.05) is 18.2 Å². The summed E-state index contributed by atoms with van der Waals surface area (Å²) in [4.78, 5) is 69.5. The van der Waals surface area contributed by atoms with Crippen LogP contribution in [-0.4, -0.2) is 76.9 Å². The summed E-state index contributed by atoms with van der Waals surface area (Å²) in [5.74, 6) is -9.38. The lowest BCUT2D eigenvalue weighted by molar-refractivity contribution is -0.166. The molecule has 5 rings (SSSR count). The van der Waals surface area contributed by atoms with E-state index in [9.17, 15) is 34.3 Å². The third-order valence-electron chi connectivity index (χ3n) is 8.95. The van der Waals surface area contributed by atoms with Crippen molar-refractivity contribution in [2.45, 2.75) is 36.9 Å². The van der Waals surface area contributed by atoms with Gasteiger partial charge in [0, 0.05) is 5.54 Å². The zero-order valence-corrected chi connectivity index (χ0v) is 23.3. The molecular weight excluding hydrogens is 542 g/mol. The average molecular weight is 574 g/mol. The number of primary amides is 1. The fourth-order valence-corrected chi connectivity index (χ4v) is 7.38. The lowest BCUT2D eigenvalue weighted by Crippen LogP contribution is -2.85. The average Bonchev–Trinajstić information content (AvgIpc) is 2.88. The number of ether oxygens (including phenoxy) is 1. The second-order valence-corrected chi connectivity index (χ2v) is 11.6. The maximum atomic E-state index is 14.4. The smallest absolute Gasteiger partial charge is 0.235 e. The minimum atomic E-state index is -2.78. The Bertz CT molecular complexity index is 1610. The molecular formula is C30H31N5O7. The molecule has 3 aliphatic rings. The van der Waals surface area contributed by atoms with Crippen LogP contribution in [-0.2, 0) is 25.6 Å². The molecule has 0 aliphatic heterocycles. The van der Waals surface area contributed by atoms with Crippen LogP contribution in [0.1, 0.15) is 29.3 Å². The van der Waals surface area contributed by atoms with Crippen LogP contribution in [0.4, 0.5) is 0 Å². The number of fused-ring (bicyclic) bond motifs is 3. The summed E-state index contributed by atoms with van der Waals surface area (Å²) in [5, 5.41) is 21.3. The molecule has 12 heteroatoms. The van der Waals surface area contributed by atoms with Gasteiger partial charge in [-0.3, -0.25) is 28.9 Å². The molecule has 2 fully saturated rings. The molecule has 0 radical (unpaired) electrons. The molecule has 2 aromatic rings. The number of nitriles is 1. The molecule has 0 bridgehead atoms. The molecule has 2 saturated carbocycles. The minimum absolute atomic E-state index is 0.149. The standard InChI is InChI=1S/C30H31N5O7/c1-4-42-15-7-5-14(6-8-15)16-9-10-18(36)19-17(16)11-28(33)12-30(34)24(35(2)3)23(38)20(27(32)41)25(39)29(30,13-31)26(40)21(28)22(19)37/h5-10,20-21,24,36H,4,11-12,33-34H2,1-3H3,(H2,32,41)/t20?,21?,24-,28-,29+,30-/m1/s1. The molecule has 1 amide bonds. The lowest BCUT2D eigenvalue weighted by atomic mass is 9.42. The summed E-state index contributed by atoms with van der Waals surface area (Å²) in [6.07, 6.45) is -0.622. The highest BCUT2D eigenvalue weighted by molar-refractivity contribution is 6.33. The molecule has 42 heavy (non-hydrogen) atoms. The number of nitrogens with zero attached hydrogens (tertiary/aromatic N) is 2. The molecule has 0 saturated heterocycles. The second kappa shape index (κ2) is 9.55. The minimum Gasteiger partial charge on any atom is -0.507 e. The van der Waals surface area contributed by atoms with Crippen LogP contribution in [0.15, 0.2) is 36.4 Å². The Balaban J connectivity index is 1.73. The van der Waals surface area contributed by atoms with Gasteiger partial charge in [-0.15, -0.1) is 0 Å². The van der Waals surface area contributed by atoms with E-state index in [1.165, 1.54) is 25.1 Å². The third kappa shape index (κ3) is 3.60. The highest BCUT2D eigenvalue weighted by Gasteiger charge is 2.78. The molecule has 0 spiro atoms. The van der Waals surface area contributed by atoms with Gasteiger partial charge in [-0.25, -0.2) is 0 Å². The molecule has 0 heterocycles. The van der Waals surface area contributed by atoms with Gasteiger partial charge in [0.25, 0.3) is 0 Å². The number of aromatic hydroxyl groups is 1. The van der Waals surface area contributed by atoms with Crippen LogP contribution < -0.4 is 21.9 Å². The Morgan fingerprint density at radius 3 is 2.29 bits per heavy atom. The first-order chi connectivity index (χ1) is 19.7. The van der Waals surface area contributed by atoms with Crippen LogP contribution in [0, 0.1) is 28.6 Å². The Kier molecular flexibility index (Phi) is 6.61. The number of carbonyl (C=O) groups excluding carboxylic acids is 5. The fourth-order valence-electron chi connectivity index (χ4n) is 7.38. The Hall–Kier alpha value is -4.44. The monoisotopic (exact) mass is 573 g/mol. The van der Waals surface area contributed by atoms with E-state index >= 15 is 0 Å². The Morgan fingerprint density at radius 1 is 1.10 bits per heavy atom. The van der Waals surface area contributed by atoms with Crippen molar-refractivity contribution < 1.29 is 33.8 Å². The van der Waals surface area contributed by atoms with Crippen molar-refractivity contribution in [1.82, 2.24) is 4.90 Å². The maximum Gasteiger partial charge on any atom is 0.235 e. The molecule has 7 N–H and O–H groups in total. The quantitative estimate of drug-likeness (QED) is 0.345. The number of amides is 1. The van der Waals surface area contributed by atoms with Crippen molar-refractivity contribution in [3.63, 3.8) is 0 Å². The van der Waals surface area contributed by atoms with Crippen molar-refractivity contribution in [3.8, 4) is 28.7 Å². The fraction of sp³-hybridized carbons (Fsp3) is 0.400. The first-order valence-corrected chi connectivity index (χ1v) is 13.4. The number of nitrogens with two attached hydrogens (primary N) is 3. The predicted octanol–water partition coefficient (Wildman–Crippen LogP) is -0.126. The van der Waals surface area contributed by atoms with Crippen molar-refractivity contribution in [3.05, 3.63) is 47.5 Å². The summed E-state index contributed by atoms with van der Waals surface area (Å²) in [6.45, 7) is 2.32. The van der Waals surface area contributed by atoms with Crippen molar-refractivity contribution in [2.24, 2.45) is 34.5 Å². The highest BCUT2D eigenvalue weighted by Crippen LogP contribution is 2.57. The van der Waals surface area contributed by atoms with E-state index in [1.54, 1.807) is 36.4 Å². The summed E-state index contributed by atoms with van der Waals surface area (Å²) in [5.41, 5.74) is 13.9. The van der Waals surface area contributed by atoms with Crippen LogP contribution >= 0.6 is 0 Å². The van der Waals surface area contributed by atoms with Crippen molar-refractivity contribution >= 4 is 29.0 Å². The van der Waals surface area contributed by atoms with E-state index < -0.39 is 75.6 Å². The first-order valence-electron chi connectivity index (χ1n) is 13.4. The molecule has 218 valence electrons. The number of hydrogen-bond acceptors (Lipinski definition) is 11. The largest absolute Gasteiger partial charge is 0.507 e. The normalized spacial score (nSPS) is 32.1. The molecule has 0 aromatic heterocycles. The molecule has 3 aliphatic carbocycles. The molecule has 6 atom stereocenters. The number of carbonyl (C=O) groups is 5. The topological polar surface area (TPSA) is 220 Å². The lowest BCUT2D eigenvalue weighted by Gasteiger charge is -2.60.